The Morgan fingerprint density at radius 1 is 0.812 bits per heavy atom. The second-order valence-electron chi connectivity index (χ2n) is 6.74. The van der Waals surface area contributed by atoms with Gasteiger partial charge in [-0.2, -0.15) is 13.2 Å². The molecule has 0 N–H and O–H groups in total. The molecule has 2 aromatic heterocycles. The Kier molecular flexibility index (Phi) is 6.00. The number of carbonyl (C=O) groups is 1. The first-order chi connectivity index (χ1) is 15.2. The van der Waals surface area contributed by atoms with Gasteiger partial charge in [0.15, 0.2) is 5.76 Å². The van der Waals surface area contributed by atoms with Crippen molar-refractivity contribution in [1.29, 1.82) is 0 Å². The molecule has 4 aromatic rings. The van der Waals surface area contributed by atoms with Crippen LogP contribution in [0, 0.1) is 0 Å². The fraction of sp³-hybridized carbons (Fsp3) is 0.0417. The highest BCUT2D eigenvalue weighted by molar-refractivity contribution is 6.33. The highest BCUT2D eigenvalue weighted by Gasteiger charge is 2.31. The zero-order valence-corrected chi connectivity index (χ0v) is 17.6. The maximum atomic E-state index is 13.0. The minimum atomic E-state index is -4.51. The Morgan fingerprint density at radius 2 is 1.50 bits per heavy atom. The second kappa shape index (κ2) is 8.73. The first-order valence-electron chi connectivity index (χ1n) is 9.26. The Balaban J connectivity index is 1.53. The van der Waals surface area contributed by atoms with Gasteiger partial charge >= 0.3 is 6.18 Å². The number of halogens is 5. The largest absolute Gasteiger partial charge is 0.457 e. The normalized spacial score (nSPS) is 11.9. The van der Waals surface area contributed by atoms with Crippen LogP contribution >= 0.6 is 23.2 Å². The summed E-state index contributed by atoms with van der Waals surface area (Å²) in [5, 5.41) is 0.606. The molecule has 0 spiro atoms. The van der Waals surface area contributed by atoms with E-state index in [1.807, 2.05) is 0 Å². The summed E-state index contributed by atoms with van der Waals surface area (Å²) in [6.45, 7) is 0. The molecule has 0 saturated carbocycles. The van der Waals surface area contributed by atoms with Crippen LogP contribution in [-0.4, -0.2) is 5.78 Å². The molecule has 162 valence electrons. The molecular formula is C24H13Cl2F3O3. The van der Waals surface area contributed by atoms with E-state index in [2.05, 4.69) is 0 Å². The molecule has 0 aliphatic carbocycles. The van der Waals surface area contributed by atoms with Gasteiger partial charge in [-0.1, -0.05) is 35.3 Å². The van der Waals surface area contributed by atoms with Gasteiger partial charge in [0, 0.05) is 11.1 Å². The highest BCUT2D eigenvalue weighted by Crippen LogP contribution is 2.36. The molecule has 0 bridgehead atoms. The van der Waals surface area contributed by atoms with Crippen LogP contribution < -0.4 is 0 Å². The van der Waals surface area contributed by atoms with Gasteiger partial charge in [0.05, 0.1) is 15.6 Å². The number of carbonyl (C=O) groups excluding carboxylic acids is 1. The van der Waals surface area contributed by atoms with Gasteiger partial charge < -0.3 is 8.83 Å². The van der Waals surface area contributed by atoms with E-state index in [1.165, 1.54) is 30.4 Å². The van der Waals surface area contributed by atoms with Gasteiger partial charge in [0.2, 0.25) is 5.78 Å². The van der Waals surface area contributed by atoms with Crippen molar-refractivity contribution < 1.29 is 26.8 Å². The Labute approximate surface area is 190 Å². The predicted octanol–water partition coefficient (Wildman–Crippen LogP) is 8.43. The second-order valence-corrected chi connectivity index (χ2v) is 7.55. The molecule has 0 aliphatic heterocycles. The van der Waals surface area contributed by atoms with Gasteiger partial charge in [-0.25, -0.2) is 0 Å². The number of benzene rings is 2. The number of hydrogen-bond acceptors (Lipinski definition) is 3. The molecule has 32 heavy (non-hydrogen) atoms. The Hall–Kier alpha value is -3.22. The molecule has 3 nitrogen and oxygen atoms in total. The minimum Gasteiger partial charge on any atom is -0.457 e. The molecule has 0 atom stereocenters. The molecule has 0 fully saturated rings. The van der Waals surface area contributed by atoms with Crippen LogP contribution in [0.3, 0.4) is 0 Å². The van der Waals surface area contributed by atoms with Crippen molar-refractivity contribution in [2.75, 3.05) is 0 Å². The van der Waals surface area contributed by atoms with E-state index in [9.17, 15) is 18.0 Å². The third-order valence-corrected chi connectivity index (χ3v) is 5.23. The van der Waals surface area contributed by atoms with E-state index >= 15 is 0 Å². The quantitative estimate of drug-likeness (QED) is 0.214. The lowest BCUT2D eigenvalue weighted by atomic mass is 10.1. The number of furan rings is 2. The first kappa shape index (κ1) is 22.0. The molecule has 0 amide bonds. The molecule has 2 aromatic carbocycles. The monoisotopic (exact) mass is 476 g/mol. The Bertz CT molecular complexity index is 1320. The molecule has 0 unspecified atom stereocenters. The number of allylic oxidation sites excluding steroid dienone is 1. The number of rotatable bonds is 5. The lowest BCUT2D eigenvalue weighted by Crippen LogP contribution is -2.04. The standard InChI is InChI=1S/C24H13Cl2F3O3/c25-18-4-2-1-3-16(18)21-11-12-23(32-21)20(30)9-6-15-7-10-22(31-15)17-13-14(24(27,28)29)5-8-19(17)26/h1-13H/b9-6+. The van der Waals surface area contributed by atoms with Gasteiger partial charge in [0.25, 0.3) is 0 Å². The molecule has 2 heterocycles. The van der Waals surface area contributed by atoms with Crippen LogP contribution in [0.25, 0.3) is 28.7 Å². The van der Waals surface area contributed by atoms with Crippen molar-refractivity contribution in [3.8, 4) is 22.6 Å². The van der Waals surface area contributed by atoms with Gasteiger partial charge in [-0.3, -0.25) is 4.79 Å². The van der Waals surface area contributed by atoms with Crippen molar-refractivity contribution in [2.24, 2.45) is 0 Å². The lowest BCUT2D eigenvalue weighted by Gasteiger charge is -2.09. The fourth-order valence-corrected chi connectivity index (χ4v) is 3.43. The van der Waals surface area contributed by atoms with Gasteiger partial charge in [0.1, 0.15) is 17.3 Å². The van der Waals surface area contributed by atoms with Crippen LogP contribution in [0.5, 0.6) is 0 Å². The van der Waals surface area contributed by atoms with Crippen LogP contribution in [0.2, 0.25) is 10.0 Å². The van der Waals surface area contributed by atoms with Crippen LogP contribution in [-0.2, 0) is 6.18 Å². The topological polar surface area (TPSA) is 43.4 Å². The highest BCUT2D eigenvalue weighted by atomic mass is 35.5. The fourth-order valence-electron chi connectivity index (χ4n) is 2.99. The van der Waals surface area contributed by atoms with E-state index in [0.717, 1.165) is 18.2 Å². The van der Waals surface area contributed by atoms with E-state index < -0.39 is 17.5 Å². The summed E-state index contributed by atoms with van der Waals surface area (Å²) in [7, 11) is 0. The Morgan fingerprint density at radius 3 is 2.25 bits per heavy atom. The average Bonchev–Trinajstić information content (AvgIpc) is 3.42. The summed E-state index contributed by atoms with van der Waals surface area (Å²) in [4.78, 5) is 12.4. The van der Waals surface area contributed by atoms with Crippen molar-refractivity contribution in [2.45, 2.75) is 6.18 Å². The number of ketones is 1. The summed E-state index contributed by atoms with van der Waals surface area (Å²) < 4.78 is 50.1. The van der Waals surface area contributed by atoms with E-state index in [4.69, 9.17) is 32.0 Å². The molecule has 0 radical (unpaired) electrons. The summed E-state index contributed by atoms with van der Waals surface area (Å²) in [6, 6.07) is 16.2. The summed E-state index contributed by atoms with van der Waals surface area (Å²) >= 11 is 12.2. The van der Waals surface area contributed by atoms with E-state index in [-0.39, 0.29) is 27.9 Å². The zero-order valence-electron chi connectivity index (χ0n) is 16.1. The summed E-state index contributed by atoms with van der Waals surface area (Å²) in [5.74, 6) is 0.543. The summed E-state index contributed by atoms with van der Waals surface area (Å²) in [5.41, 5.74) is -0.0820. The van der Waals surface area contributed by atoms with E-state index in [0.29, 0.717) is 16.3 Å². The maximum Gasteiger partial charge on any atom is 0.416 e. The minimum absolute atomic E-state index is 0.0999. The SMILES string of the molecule is O=C(/C=C/c1ccc(-c2cc(C(F)(F)F)ccc2Cl)o1)c1ccc(-c2ccccc2Cl)o1. The maximum absolute atomic E-state index is 13.0. The molecule has 0 saturated heterocycles. The molecule has 4 rings (SSSR count). The van der Waals surface area contributed by atoms with Crippen LogP contribution in [0.15, 0.2) is 81.6 Å². The van der Waals surface area contributed by atoms with Crippen molar-refractivity contribution in [3.63, 3.8) is 0 Å². The smallest absolute Gasteiger partial charge is 0.416 e. The van der Waals surface area contributed by atoms with Crippen LogP contribution in [0.1, 0.15) is 21.9 Å². The number of alkyl halides is 3. The summed E-state index contributed by atoms with van der Waals surface area (Å²) in [6.07, 6.45) is -1.87. The predicted molar refractivity (Wildman–Crippen MR) is 117 cm³/mol. The lowest BCUT2D eigenvalue weighted by molar-refractivity contribution is -0.137. The van der Waals surface area contributed by atoms with Crippen molar-refractivity contribution in [1.82, 2.24) is 0 Å². The van der Waals surface area contributed by atoms with E-state index in [1.54, 1.807) is 30.3 Å². The van der Waals surface area contributed by atoms with Crippen molar-refractivity contribution >= 4 is 35.1 Å². The average molecular weight is 477 g/mol. The third kappa shape index (κ3) is 4.66. The molecule has 0 aliphatic rings. The van der Waals surface area contributed by atoms with Crippen molar-refractivity contribution in [3.05, 3.63) is 99.9 Å². The molecule has 8 heteroatoms. The third-order valence-electron chi connectivity index (χ3n) is 4.57. The van der Waals surface area contributed by atoms with Gasteiger partial charge in [-0.05, 0) is 66.7 Å². The van der Waals surface area contributed by atoms with Crippen LogP contribution in [0.4, 0.5) is 13.2 Å². The van der Waals surface area contributed by atoms with Gasteiger partial charge in [-0.15, -0.1) is 0 Å². The number of hydrogen-bond donors (Lipinski definition) is 0. The molecular weight excluding hydrogens is 464 g/mol. The zero-order chi connectivity index (χ0) is 22.9. The first-order valence-corrected chi connectivity index (χ1v) is 10.0.